The zero-order valence-corrected chi connectivity index (χ0v) is 11.8. The second-order valence-electron chi connectivity index (χ2n) is 4.79. The number of methoxy groups -OCH3 is 2. The molecular formula is C14H19NO5. The summed E-state index contributed by atoms with van der Waals surface area (Å²) in [4.78, 5) is 25.4. The highest BCUT2D eigenvalue weighted by Gasteiger charge is 2.29. The summed E-state index contributed by atoms with van der Waals surface area (Å²) in [7, 11) is 2.96. The molecule has 20 heavy (non-hydrogen) atoms. The molecule has 0 saturated carbocycles. The Bertz CT molecular complexity index is 474. The molecule has 0 aliphatic carbocycles. The Kier molecular flexibility index (Phi) is 4.79. The number of piperidine rings is 1. The van der Waals surface area contributed by atoms with Crippen LogP contribution in [0.15, 0.2) is 16.5 Å². The van der Waals surface area contributed by atoms with Gasteiger partial charge in [-0.05, 0) is 25.0 Å². The Hall–Kier alpha value is -1.82. The zero-order valence-electron chi connectivity index (χ0n) is 11.8. The summed E-state index contributed by atoms with van der Waals surface area (Å²) < 4.78 is 15.1. The average molecular weight is 281 g/mol. The quantitative estimate of drug-likeness (QED) is 0.781. The van der Waals surface area contributed by atoms with Crippen molar-refractivity contribution < 1.29 is 23.5 Å². The van der Waals surface area contributed by atoms with Crippen molar-refractivity contribution >= 4 is 11.9 Å². The van der Waals surface area contributed by atoms with E-state index < -0.39 is 0 Å². The van der Waals surface area contributed by atoms with Crippen LogP contribution in [0.2, 0.25) is 0 Å². The molecule has 0 spiro atoms. The van der Waals surface area contributed by atoms with E-state index in [1.54, 1.807) is 24.1 Å². The van der Waals surface area contributed by atoms with Crippen molar-refractivity contribution in [3.63, 3.8) is 0 Å². The third kappa shape index (κ3) is 3.19. The zero-order chi connectivity index (χ0) is 14.5. The molecule has 0 unspecified atom stereocenters. The van der Waals surface area contributed by atoms with Crippen LogP contribution in [0.1, 0.15) is 29.2 Å². The van der Waals surface area contributed by atoms with E-state index in [0.29, 0.717) is 44.1 Å². The van der Waals surface area contributed by atoms with E-state index >= 15 is 0 Å². The van der Waals surface area contributed by atoms with Crippen molar-refractivity contribution in [3.05, 3.63) is 23.7 Å². The molecule has 1 saturated heterocycles. The number of nitrogens with zero attached hydrogens (tertiary/aromatic N) is 1. The van der Waals surface area contributed by atoms with Crippen LogP contribution in [0.25, 0.3) is 0 Å². The van der Waals surface area contributed by atoms with Crippen LogP contribution in [0.3, 0.4) is 0 Å². The Morgan fingerprint density at radius 1 is 1.30 bits per heavy atom. The lowest BCUT2D eigenvalue weighted by Gasteiger charge is -2.30. The van der Waals surface area contributed by atoms with Crippen LogP contribution >= 0.6 is 0 Å². The van der Waals surface area contributed by atoms with Crippen molar-refractivity contribution in [3.8, 4) is 0 Å². The van der Waals surface area contributed by atoms with Crippen LogP contribution in [0.5, 0.6) is 0 Å². The van der Waals surface area contributed by atoms with E-state index in [0.717, 1.165) is 0 Å². The molecule has 0 aromatic carbocycles. The Morgan fingerprint density at radius 3 is 2.60 bits per heavy atom. The van der Waals surface area contributed by atoms with Gasteiger partial charge in [-0.1, -0.05) is 0 Å². The maximum Gasteiger partial charge on any atom is 0.308 e. The summed E-state index contributed by atoms with van der Waals surface area (Å²) in [6.07, 6.45) is 1.26. The Balaban J connectivity index is 1.92. The highest BCUT2D eigenvalue weighted by atomic mass is 16.5. The molecule has 1 aromatic rings. The number of esters is 1. The number of furan rings is 1. The smallest absolute Gasteiger partial charge is 0.308 e. The number of hydrogen-bond donors (Lipinski definition) is 0. The first-order valence-electron chi connectivity index (χ1n) is 6.60. The number of rotatable bonds is 4. The molecule has 6 nitrogen and oxygen atoms in total. The van der Waals surface area contributed by atoms with Gasteiger partial charge in [0.2, 0.25) is 0 Å². The van der Waals surface area contributed by atoms with Gasteiger partial charge in [-0.2, -0.15) is 0 Å². The van der Waals surface area contributed by atoms with E-state index in [2.05, 4.69) is 0 Å². The molecule has 1 aromatic heterocycles. The molecule has 6 heteroatoms. The third-order valence-corrected chi connectivity index (χ3v) is 3.48. The van der Waals surface area contributed by atoms with Gasteiger partial charge in [0, 0.05) is 20.2 Å². The summed E-state index contributed by atoms with van der Waals surface area (Å²) in [6, 6.07) is 3.39. The summed E-state index contributed by atoms with van der Waals surface area (Å²) in [5.41, 5.74) is 0. The van der Waals surface area contributed by atoms with Gasteiger partial charge in [-0.3, -0.25) is 9.59 Å². The van der Waals surface area contributed by atoms with E-state index in [-0.39, 0.29) is 17.8 Å². The first-order chi connectivity index (χ1) is 9.65. The van der Waals surface area contributed by atoms with Crippen LogP contribution in [0, 0.1) is 5.92 Å². The van der Waals surface area contributed by atoms with Gasteiger partial charge >= 0.3 is 5.97 Å². The normalized spacial score (nSPS) is 16.2. The van der Waals surface area contributed by atoms with Gasteiger partial charge in [0.25, 0.3) is 5.91 Å². The van der Waals surface area contributed by atoms with Crippen LogP contribution in [0.4, 0.5) is 0 Å². The summed E-state index contributed by atoms with van der Waals surface area (Å²) >= 11 is 0. The van der Waals surface area contributed by atoms with Gasteiger partial charge in [0.15, 0.2) is 5.76 Å². The highest BCUT2D eigenvalue weighted by Crippen LogP contribution is 2.21. The first-order valence-corrected chi connectivity index (χ1v) is 6.60. The SMILES string of the molecule is COCc1ccc(C(=O)N2CCC(C(=O)OC)CC2)o1. The molecular weight excluding hydrogens is 262 g/mol. The Morgan fingerprint density at radius 2 is 2.00 bits per heavy atom. The van der Waals surface area contributed by atoms with Gasteiger partial charge in [0.1, 0.15) is 12.4 Å². The molecule has 2 rings (SSSR count). The topological polar surface area (TPSA) is 69.0 Å². The molecule has 1 fully saturated rings. The lowest BCUT2D eigenvalue weighted by Crippen LogP contribution is -2.40. The lowest BCUT2D eigenvalue weighted by molar-refractivity contribution is -0.146. The number of likely N-dealkylation sites (tertiary alicyclic amines) is 1. The van der Waals surface area contributed by atoms with Crippen molar-refractivity contribution in [2.45, 2.75) is 19.4 Å². The number of carbonyl (C=O) groups excluding carboxylic acids is 2. The van der Waals surface area contributed by atoms with Gasteiger partial charge in [-0.15, -0.1) is 0 Å². The maximum atomic E-state index is 12.2. The predicted molar refractivity (Wildman–Crippen MR) is 70.1 cm³/mol. The van der Waals surface area contributed by atoms with Crippen LogP contribution in [-0.2, 0) is 20.9 Å². The number of ether oxygens (including phenoxy) is 2. The first kappa shape index (κ1) is 14.6. The summed E-state index contributed by atoms with van der Waals surface area (Å²) in [5.74, 6) is 0.492. The number of amides is 1. The number of hydrogen-bond acceptors (Lipinski definition) is 5. The molecule has 0 atom stereocenters. The van der Waals surface area contributed by atoms with Crippen molar-refractivity contribution in [1.29, 1.82) is 0 Å². The molecule has 0 N–H and O–H groups in total. The summed E-state index contributed by atoms with van der Waals surface area (Å²) in [5, 5.41) is 0. The predicted octanol–water partition coefficient (Wildman–Crippen LogP) is 1.45. The molecule has 0 radical (unpaired) electrons. The van der Waals surface area contributed by atoms with Gasteiger partial charge in [0.05, 0.1) is 13.0 Å². The summed E-state index contributed by atoms with van der Waals surface area (Å²) in [6.45, 7) is 1.43. The van der Waals surface area contributed by atoms with E-state index in [9.17, 15) is 9.59 Å². The van der Waals surface area contributed by atoms with Crippen molar-refractivity contribution in [2.24, 2.45) is 5.92 Å². The average Bonchev–Trinajstić information content (AvgIpc) is 2.95. The fourth-order valence-corrected chi connectivity index (χ4v) is 2.35. The minimum absolute atomic E-state index is 0.107. The fourth-order valence-electron chi connectivity index (χ4n) is 2.35. The van der Waals surface area contributed by atoms with Crippen LogP contribution < -0.4 is 0 Å². The van der Waals surface area contributed by atoms with Gasteiger partial charge in [-0.25, -0.2) is 0 Å². The molecule has 1 aliphatic rings. The second-order valence-corrected chi connectivity index (χ2v) is 4.79. The van der Waals surface area contributed by atoms with E-state index in [1.165, 1.54) is 7.11 Å². The minimum atomic E-state index is -0.197. The van der Waals surface area contributed by atoms with Crippen molar-refractivity contribution in [2.75, 3.05) is 27.3 Å². The Labute approximate surface area is 117 Å². The highest BCUT2D eigenvalue weighted by molar-refractivity contribution is 5.91. The lowest BCUT2D eigenvalue weighted by atomic mass is 9.97. The monoisotopic (exact) mass is 281 g/mol. The number of carbonyl (C=O) groups is 2. The molecule has 110 valence electrons. The molecule has 1 aliphatic heterocycles. The van der Waals surface area contributed by atoms with E-state index in [4.69, 9.17) is 13.9 Å². The third-order valence-electron chi connectivity index (χ3n) is 3.48. The van der Waals surface area contributed by atoms with Crippen molar-refractivity contribution in [1.82, 2.24) is 4.90 Å². The molecule has 1 amide bonds. The largest absolute Gasteiger partial charge is 0.469 e. The van der Waals surface area contributed by atoms with E-state index in [1.807, 2.05) is 0 Å². The molecule has 0 bridgehead atoms. The fraction of sp³-hybridized carbons (Fsp3) is 0.571. The molecule has 2 heterocycles. The standard InChI is InChI=1S/C14H19NO5/c1-18-9-11-3-4-12(20-11)13(16)15-7-5-10(6-8-15)14(17)19-2/h3-4,10H,5-9H2,1-2H3. The minimum Gasteiger partial charge on any atom is -0.469 e. The second kappa shape index (κ2) is 6.56. The van der Waals surface area contributed by atoms with Crippen LogP contribution in [-0.4, -0.2) is 44.1 Å². The van der Waals surface area contributed by atoms with Gasteiger partial charge < -0.3 is 18.8 Å². The maximum absolute atomic E-state index is 12.2.